The number of fused-ring (bicyclic) bond motifs is 1. The fourth-order valence-corrected chi connectivity index (χ4v) is 6.22. The number of anilines is 1. The van der Waals surface area contributed by atoms with E-state index >= 15 is 4.39 Å². The number of nitrogens with zero attached hydrogens (tertiary/aromatic N) is 2. The van der Waals surface area contributed by atoms with Crippen LogP contribution in [0.3, 0.4) is 0 Å². The number of aliphatic carboxylic acids is 1. The second-order valence-corrected chi connectivity index (χ2v) is 11.4. The summed E-state index contributed by atoms with van der Waals surface area (Å²) in [6.45, 7) is 3.25. The Labute approximate surface area is 235 Å². The van der Waals surface area contributed by atoms with E-state index < -0.39 is 24.0 Å². The molecule has 3 atom stereocenters. The number of halogens is 2. The van der Waals surface area contributed by atoms with Crippen LogP contribution in [-0.2, 0) is 33.7 Å². The summed E-state index contributed by atoms with van der Waals surface area (Å²) in [4.78, 5) is 19.0. The van der Waals surface area contributed by atoms with Gasteiger partial charge in [-0.15, -0.1) is 0 Å². The average Bonchev–Trinajstić information content (AvgIpc) is 3.45. The molecule has 40 heavy (non-hydrogen) atoms. The highest BCUT2D eigenvalue weighted by Gasteiger charge is 2.37. The number of alkyl halides is 1. The average molecular weight is 558 g/mol. The lowest BCUT2D eigenvalue weighted by molar-refractivity contribution is -0.143. The Morgan fingerprint density at radius 3 is 2.88 bits per heavy atom. The van der Waals surface area contributed by atoms with Crippen LogP contribution >= 0.6 is 0 Å². The largest absolute Gasteiger partial charge is 0.480 e. The summed E-state index contributed by atoms with van der Waals surface area (Å²) in [6.07, 6.45) is 6.27. The molecule has 218 valence electrons. The first kappa shape index (κ1) is 28.9. The lowest BCUT2D eigenvalue weighted by atomic mass is 9.96. The number of aryl methyl sites for hydroxylation is 2. The van der Waals surface area contributed by atoms with E-state index in [9.17, 15) is 14.3 Å². The molecule has 0 radical (unpaired) electrons. The first-order valence-electron chi connectivity index (χ1n) is 14.8. The van der Waals surface area contributed by atoms with E-state index in [1.165, 1.54) is 17.7 Å². The summed E-state index contributed by atoms with van der Waals surface area (Å²) in [5.41, 5.74) is 3.35. The first-order chi connectivity index (χ1) is 19.5. The Kier molecular flexibility index (Phi) is 9.99. The van der Waals surface area contributed by atoms with Gasteiger partial charge in [0.1, 0.15) is 23.8 Å². The summed E-state index contributed by atoms with van der Waals surface area (Å²) >= 11 is 0. The van der Waals surface area contributed by atoms with Crippen molar-refractivity contribution in [3.63, 3.8) is 0 Å². The number of likely N-dealkylation sites (tertiary alicyclic amines) is 1. The van der Waals surface area contributed by atoms with Gasteiger partial charge in [-0.2, -0.15) is 0 Å². The smallest absolute Gasteiger partial charge is 0.325 e. The molecule has 0 spiro atoms. The molecule has 3 aliphatic heterocycles. The summed E-state index contributed by atoms with van der Waals surface area (Å²) < 4.78 is 41.0. The van der Waals surface area contributed by atoms with Crippen LogP contribution in [0.15, 0.2) is 30.3 Å². The van der Waals surface area contributed by atoms with Crippen molar-refractivity contribution in [2.24, 2.45) is 5.92 Å². The van der Waals surface area contributed by atoms with Crippen LogP contribution in [-0.4, -0.2) is 66.1 Å². The van der Waals surface area contributed by atoms with Crippen molar-refractivity contribution in [1.82, 2.24) is 9.88 Å². The molecule has 7 nitrogen and oxygen atoms in total. The molecule has 0 saturated carbocycles. The number of benzene rings is 1. The molecule has 4 heterocycles. The van der Waals surface area contributed by atoms with Crippen molar-refractivity contribution < 1.29 is 28.2 Å². The van der Waals surface area contributed by atoms with E-state index in [4.69, 9.17) is 14.5 Å². The Morgan fingerprint density at radius 2 is 2.05 bits per heavy atom. The van der Waals surface area contributed by atoms with Gasteiger partial charge in [-0.3, -0.25) is 9.69 Å². The zero-order valence-electron chi connectivity index (χ0n) is 23.1. The second-order valence-electron chi connectivity index (χ2n) is 11.4. The minimum absolute atomic E-state index is 0.0399. The molecule has 2 N–H and O–H groups in total. The van der Waals surface area contributed by atoms with Crippen LogP contribution in [0.5, 0.6) is 0 Å². The van der Waals surface area contributed by atoms with Crippen molar-refractivity contribution in [2.75, 3.05) is 38.2 Å². The van der Waals surface area contributed by atoms with Crippen molar-refractivity contribution in [1.29, 1.82) is 0 Å². The van der Waals surface area contributed by atoms with Crippen molar-refractivity contribution in [3.8, 4) is 0 Å². The molecule has 3 aliphatic rings. The Balaban J connectivity index is 1.14. The molecular weight excluding hydrogens is 516 g/mol. The standard InChI is InChI=1S/C31H41F2N3O4/c32-24-9-7-23(20-40-26-12-16-39-17-13-26)27(18-24)29(31(37)38)36-15-11-22(19-36)28(33)6-2-1-5-25-10-8-21-4-3-14-34-30(21)35-25/h7-10,18,22,26,28-29H,1-6,11-17,19-20H2,(H,34,35)(H,37,38)/t22-,28-,29+/m1/s1. The summed E-state index contributed by atoms with van der Waals surface area (Å²) in [7, 11) is 0. The Bertz CT molecular complexity index is 1140. The van der Waals surface area contributed by atoms with Gasteiger partial charge in [0.25, 0.3) is 0 Å². The number of hydrogen-bond acceptors (Lipinski definition) is 6. The van der Waals surface area contributed by atoms with Gasteiger partial charge in [0, 0.05) is 37.9 Å². The number of carboxylic acids is 1. The number of ether oxygens (including phenoxy) is 2. The maximum Gasteiger partial charge on any atom is 0.325 e. The van der Waals surface area contributed by atoms with Crippen LogP contribution < -0.4 is 5.32 Å². The minimum atomic E-state index is -1.05. The normalized spacial score (nSPS) is 21.5. The maximum absolute atomic E-state index is 15.3. The monoisotopic (exact) mass is 557 g/mol. The fourth-order valence-electron chi connectivity index (χ4n) is 6.22. The molecule has 0 bridgehead atoms. The topological polar surface area (TPSA) is 83.9 Å². The van der Waals surface area contributed by atoms with Crippen LogP contribution in [0.4, 0.5) is 14.6 Å². The Hall–Kier alpha value is -2.62. The molecule has 1 aromatic heterocycles. The van der Waals surface area contributed by atoms with E-state index in [1.807, 2.05) is 0 Å². The third-order valence-electron chi connectivity index (χ3n) is 8.53. The predicted molar refractivity (Wildman–Crippen MR) is 149 cm³/mol. The Morgan fingerprint density at radius 1 is 1.20 bits per heavy atom. The molecule has 0 aliphatic carbocycles. The maximum atomic E-state index is 15.3. The van der Waals surface area contributed by atoms with E-state index in [-0.39, 0.29) is 18.6 Å². The number of rotatable bonds is 12. The highest BCUT2D eigenvalue weighted by molar-refractivity contribution is 5.76. The van der Waals surface area contributed by atoms with Gasteiger partial charge >= 0.3 is 5.97 Å². The molecular formula is C31H41F2N3O4. The van der Waals surface area contributed by atoms with Gasteiger partial charge in [-0.25, -0.2) is 13.8 Å². The van der Waals surface area contributed by atoms with Gasteiger partial charge in [0.15, 0.2) is 0 Å². The molecule has 2 saturated heterocycles. The third kappa shape index (κ3) is 7.36. The molecule has 0 amide bonds. The second kappa shape index (κ2) is 13.8. The van der Waals surface area contributed by atoms with Crippen molar-refractivity contribution >= 4 is 11.8 Å². The number of carboxylic acid groups (broad SMARTS) is 1. The van der Waals surface area contributed by atoms with E-state index in [0.717, 1.165) is 63.0 Å². The summed E-state index contributed by atoms with van der Waals surface area (Å²) in [5, 5.41) is 13.5. The SMILES string of the molecule is O=C(O)[C@H](c1cc(F)ccc1COC1CCOCC1)N1CC[C@@H]([C@H](F)CCCCc2ccc3c(n2)NCCC3)C1. The van der Waals surface area contributed by atoms with Crippen molar-refractivity contribution in [2.45, 2.75) is 82.7 Å². The lowest BCUT2D eigenvalue weighted by Gasteiger charge is -2.28. The predicted octanol–water partition coefficient (Wildman–Crippen LogP) is 5.47. The number of hydrogen-bond donors (Lipinski definition) is 2. The van der Waals surface area contributed by atoms with Crippen LogP contribution in [0.2, 0.25) is 0 Å². The highest BCUT2D eigenvalue weighted by atomic mass is 19.1. The summed E-state index contributed by atoms with van der Waals surface area (Å²) in [5.74, 6) is -0.786. The fraction of sp³-hybridized carbons (Fsp3) is 0.613. The third-order valence-corrected chi connectivity index (χ3v) is 8.53. The van der Waals surface area contributed by atoms with Crippen LogP contribution in [0.25, 0.3) is 0 Å². The van der Waals surface area contributed by atoms with Crippen LogP contribution in [0, 0.1) is 11.7 Å². The molecule has 9 heteroatoms. The van der Waals surface area contributed by atoms with E-state index in [1.54, 1.807) is 11.0 Å². The molecule has 0 unspecified atom stereocenters. The highest BCUT2D eigenvalue weighted by Crippen LogP contribution is 2.34. The van der Waals surface area contributed by atoms with Crippen LogP contribution in [0.1, 0.15) is 73.4 Å². The number of nitrogens with one attached hydrogen (secondary N) is 1. The van der Waals surface area contributed by atoms with Gasteiger partial charge in [-0.05, 0) is 92.8 Å². The van der Waals surface area contributed by atoms with Crippen molar-refractivity contribution in [3.05, 3.63) is 58.5 Å². The number of pyridine rings is 1. The van der Waals surface area contributed by atoms with E-state index in [0.29, 0.717) is 50.3 Å². The first-order valence-corrected chi connectivity index (χ1v) is 14.8. The zero-order valence-corrected chi connectivity index (χ0v) is 23.1. The number of unbranched alkanes of at least 4 members (excludes halogenated alkanes) is 1. The van der Waals surface area contributed by atoms with Gasteiger partial charge in [0.2, 0.25) is 0 Å². The molecule has 5 rings (SSSR count). The van der Waals surface area contributed by atoms with Gasteiger partial charge in [-0.1, -0.05) is 18.6 Å². The number of carbonyl (C=O) groups is 1. The zero-order chi connectivity index (χ0) is 27.9. The molecule has 1 aromatic carbocycles. The summed E-state index contributed by atoms with van der Waals surface area (Å²) in [6, 6.07) is 7.44. The molecule has 2 fully saturated rings. The quantitative estimate of drug-likeness (QED) is 0.335. The van der Waals surface area contributed by atoms with E-state index in [2.05, 4.69) is 17.4 Å². The van der Waals surface area contributed by atoms with Gasteiger partial charge < -0.3 is 19.9 Å². The lowest BCUT2D eigenvalue weighted by Crippen LogP contribution is -2.34. The minimum Gasteiger partial charge on any atom is -0.480 e. The van der Waals surface area contributed by atoms with Gasteiger partial charge in [0.05, 0.1) is 12.7 Å². The number of aromatic nitrogens is 1. The molecule has 2 aromatic rings.